The summed E-state index contributed by atoms with van der Waals surface area (Å²) < 4.78 is 0. The molecule has 0 bridgehead atoms. The Labute approximate surface area is 171 Å². The summed E-state index contributed by atoms with van der Waals surface area (Å²) in [7, 11) is -2.41. The van der Waals surface area contributed by atoms with Crippen molar-refractivity contribution in [3.63, 3.8) is 0 Å². The zero-order valence-electron chi connectivity index (χ0n) is 17.4. The second kappa shape index (κ2) is 9.03. The molecule has 0 aromatic heterocycles. The molecule has 0 aliphatic carbocycles. The third-order valence-electron chi connectivity index (χ3n) is 5.69. The number of benzene rings is 3. The third-order valence-corrected chi connectivity index (χ3v) is 10.9. The summed E-state index contributed by atoms with van der Waals surface area (Å²) in [5.74, 6) is 0. The predicted octanol–water partition coefficient (Wildman–Crippen LogP) is 5.31. The van der Waals surface area contributed by atoms with Gasteiger partial charge in [0.15, 0.2) is 8.07 Å². The van der Waals surface area contributed by atoms with Crippen molar-refractivity contribution in [2.75, 3.05) is 0 Å². The van der Waals surface area contributed by atoms with Gasteiger partial charge in [-0.3, -0.25) is 0 Å². The van der Waals surface area contributed by atoms with Crippen LogP contribution in [0.4, 0.5) is 0 Å². The molecule has 3 aromatic carbocycles. The molecule has 0 radical (unpaired) electrons. The van der Waals surface area contributed by atoms with Gasteiger partial charge in [-0.15, -0.1) is 0 Å². The van der Waals surface area contributed by atoms with Crippen LogP contribution in [0.25, 0.3) is 0 Å². The van der Waals surface area contributed by atoms with Crippen molar-refractivity contribution in [3.8, 4) is 0 Å². The standard InChI is InChI=1S/C27H30Si/c1-5-15-26(22(3)6-2)28(24-17-9-7-10-18-24,25-19-11-8-12-20-25)27-21-14-13-16-23(27)4/h5,7-21H,6H2,1-4H3. The molecule has 3 aromatic rings. The first-order valence-corrected chi connectivity index (χ1v) is 12.2. The van der Waals surface area contributed by atoms with Crippen molar-refractivity contribution >= 4 is 23.6 Å². The molecule has 0 heterocycles. The molecule has 1 heteroatoms. The fourth-order valence-corrected chi connectivity index (χ4v) is 9.76. The highest BCUT2D eigenvalue weighted by molar-refractivity contribution is 7.16. The van der Waals surface area contributed by atoms with Gasteiger partial charge < -0.3 is 0 Å². The second-order valence-corrected chi connectivity index (χ2v) is 11.1. The number of rotatable bonds is 6. The molecule has 0 aliphatic heterocycles. The van der Waals surface area contributed by atoms with Crippen molar-refractivity contribution in [2.45, 2.75) is 34.1 Å². The van der Waals surface area contributed by atoms with Crippen molar-refractivity contribution in [1.29, 1.82) is 0 Å². The van der Waals surface area contributed by atoms with E-state index in [-0.39, 0.29) is 0 Å². The van der Waals surface area contributed by atoms with E-state index in [2.05, 4.69) is 125 Å². The summed E-state index contributed by atoms with van der Waals surface area (Å²) in [6.07, 6.45) is 5.64. The molecule has 0 fully saturated rings. The van der Waals surface area contributed by atoms with Gasteiger partial charge in [0.05, 0.1) is 0 Å². The van der Waals surface area contributed by atoms with E-state index in [0.29, 0.717) is 0 Å². The third kappa shape index (κ3) is 3.55. The number of hydrogen-bond donors (Lipinski definition) is 0. The molecule has 0 atom stereocenters. The fourth-order valence-electron chi connectivity index (χ4n) is 4.25. The van der Waals surface area contributed by atoms with E-state index in [1.165, 1.54) is 31.9 Å². The normalized spacial score (nSPS) is 12.9. The Balaban J connectivity index is 2.56. The maximum Gasteiger partial charge on any atom is 0.179 e. The minimum absolute atomic E-state index is 1.06. The van der Waals surface area contributed by atoms with Crippen molar-refractivity contribution in [2.24, 2.45) is 0 Å². The summed E-state index contributed by atoms with van der Waals surface area (Å²) in [4.78, 5) is 0. The number of hydrogen-bond acceptors (Lipinski definition) is 0. The first kappa shape index (κ1) is 20.1. The van der Waals surface area contributed by atoms with Crippen LogP contribution in [0.1, 0.15) is 32.8 Å². The Bertz CT molecular complexity index is 926. The smallest absolute Gasteiger partial charge is 0.0877 e. The molecule has 3 rings (SSSR count). The van der Waals surface area contributed by atoms with Gasteiger partial charge in [-0.05, 0) is 47.9 Å². The summed E-state index contributed by atoms with van der Waals surface area (Å²) in [5.41, 5.74) is 2.84. The molecule has 0 saturated heterocycles. The van der Waals surface area contributed by atoms with Gasteiger partial charge in [0.1, 0.15) is 0 Å². The van der Waals surface area contributed by atoms with Crippen molar-refractivity contribution in [1.82, 2.24) is 0 Å². The lowest BCUT2D eigenvalue weighted by molar-refractivity contribution is 1.09. The van der Waals surface area contributed by atoms with Gasteiger partial charge in [-0.2, -0.15) is 0 Å². The highest BCUT2D eigenvalue weighted by Gasteiger charge is 2.43. The van der Waals surface area contributed by atoms with Crippen molar-refractivity contribution < 1.29 is 0 Å². The zero-order valence-corrected chi connectivity index (χ0v) is 18.4. The van der Waals surface area contributed by atoms with Crippen LogP contribution >= 0.6 is 0 Å². The molecular formula is C27H30Si. The van der Waals surface area contributed by atoms with Crippen molar-refractivity contribution in [3.05, 3.63) is 113 Å². The molecule has 142 valence electrons. The Hall–Kier alpha value is -2.64. The number of allylic oxidation sites excluding steroid dienone is 4. The first-order valence-electron chi connectivity index (χ1n) is 10.2. The Morgan fingerprint density at radius 1 is 0.786 bits per heavy atom. The SMILES string of the molecule is CC=CC(=C(C)CC)[Si](c1ccccc1)(c1ccccc1)c1ccccc1C. The van der Waals surface area contributed by atoms with E-state index >= 15 is 0 Å². The molecule has 0 unspecified atom stereocenters. The van der Waals surface area contributed by atoms with E-state index in [9.17, 15) is 0 Å². The van der Waals surface area contributed by atoms with Gasteiger partial charge in [0.25, 0.3) is 0 Å². The molecular weight excluding hydrogens is 352 g/mol. The summed E-state index contributed by atoms with van der Waals surface area (Å²) in [6, 6.07) is 31.3. The lowest BCUT2D eigenvalue weighted by Gasteiger charge is -2.37. The van der Waals surface area contributed by atoms with Gasteiger partial charge in [-0.1, -0.05) is 115 Å². The van der Waals surface area contributed by atoms with E-state index in [4.69, 9.17) is 0 Å². The minimum atomic E-state index is -2.41. The predicted molar refractivity (Wildman–Crippen MR) is 127 cm³/mol. The summed E-state index contributed by atoms with van der Waals surface area (Å²) in [5, 5.41) is 5.87. The van der Waals surface area contributed by atoms with Crippen LogP contribution in [0.2, 0.25) is 0 Å². The van der Waals surface area contributed by atoms with Crippen LogP contribution in [-0.4, -0.2) is 8.07 Å². The van der Waals surface area contributed by atoms with E-state index < -0.39 is 8.07 Å². The molecule has 0 N–H and O–H groups in total. The van der Waals surface area contributed by atoms with Gasteiger partial charge >= 0.3 is 0 Å². The van der Waals surface area contributed by atoms with E-state index in [1.54, 1.807) is 0 Å². The topological polar surface area (TPSA) is 0 Å². The monoisotopic (exact) mass is 382 g/mol. The maximum absolute atomic E-state index is 2.41. The largest absolute Gasteiger partial charge is 0.179 e. The highest BCUT2D eigenvalue weighted by atomic mass is 28.3. The van der Waals surface area contributed by atoms with Gasteiger partial charge in [-0.25, -0.2) is 0 Å². The average Bonchev–Trinajstić information content (AvgIpc) is 2.75. The molecule has 0 spiro atoms. The van der Waals surface area contributed by atoms with Crippen LogP contribution in [0, 0.1) is 6.92 Å². The van der Waals surface area contributed by atoms with Gasteiger partial charge in [0, 0.05) is 0 Å². The second-order valence-electron chi connectivity index (χ2n) is 7.34. The van der Waals surface area contributed by atoms with Crippen LogP contribution in [0.3, 0.4) is 0 Å². The summed E-state index contributed by atoms with van der Waals surface area (Å²) >= 11 is 0. The quantitative estimate of drug-likeness (QED) is 0.308. The zero-order chi connectivity index (χ0) is 20.0. The minimum Gasteiger partial charge on any atom is -0.0877 e. The molecule has 0 amide bonds. The Kier molecular flexibility index (Phi) is 6.48. The lowest BCUT2D eigenvalue weighted by Crippen LogP contribution is -2.69. The Morgan fingerprint density at radius 3 is 1.75 bits per heavy atom. The first-order chi connectivity index (χ1) is 13.7. The average molecular weight is 383 g/mol. The molecule has 0 saturated carbocycles. The van der Waals surface area contributed by atoms with Crippen LogP contribution in [0.5, 0.6) is 0 Å². The van der Waals surface area contributed by atoms with E-state index in [0.717, 1.165) is 6.42 Å². The molecule has 28 heavy (non-hydrogen) atoms. The van der Waals surface area contributed by atoms with E-state index in [1.807, 2.05) is 0 Å². The van der Waals surface area contributed by atoms with Gasteiger partial charge in [0.2, 0.25) is 0 Å². The maximum atomic E-state index is 2.37. The lowest BCUT2D eigenvalue weighted by atomic mass is 10.2. The fraction of sp³-hybridized carbons (Fsp3) is 0.185. The van der Waals surface area contributed by atoms with Crippen LogP contribution in [-0.2, 0) is 0 Å². The molecule has 0 aliphatic rings. The molecule has 0 nitrogen and oxygen atoms in total. The van der Waals surface area contributed by atoms with Crippen LogP contribution in [0.15, 0.2) is 108 Å². The Morgan fingerprint density at radius 2 is 1.29 bits per heavy atom. The van der Waals surface area contributed by atoms with Crippen LogP contribution < -0.4 is 15.6 Å². The highest BCUT2D eigenvalue weighted by Crippen LogP contribution is 2.24. The number of aryl methyl sites for hydroxylation is 1. The summed E-state index contributed by atoms with van der Waals surface area (Å²) in [6.45, 7) is 8.97.